The first kappa shape index (κ1) is 12.6. The van der Waals surface area contributed by atoms with Crippen LogP contribution in [-0.2, 0) is 4.79 Å². The summed E-state index contributed by atoms with van der Waals surface area (Å²) in [7, 11) is 0. The van der Waals surface area contributed by atoms with Gasteiger partial charge in [0.05, 0.1) is 0 Å². The lowest BCUT2D eigenvalue weighted by Crippen LogP contribution is -2.20. The summed E-state index contributed by atoms with van der Waals surface area (Å²) in [5.74, 6) is 0.295. The monoisotopic (exact) mass is 221 g/mol. The summed E-state index contributed by atoms with van der Waals surface area (Å²) >= 11 is 0. The van der Waals surface area contributed by atoms with Crippen LogP contribution in [0.1, 0.15) is 31.4 Å². The minimum Gasteiger partial charge on any atom is -0.508 e. The molecular weight excluding hydrogens is 202 g/mol. The highest BCUT2D eigenvalue weighted by molar-refractivity contribution is 5.93. The Kier molecular flexibility index (Phi) is 3.93. The predicted molar refractivity (Wildman–Crippen MR) is 65.7 cm³/mol. The normalized spacial score (nSPS) is 12.2. The van der Waals surface area contributed by atoms with Crippen molar-refractivity contribution in [2.24, 2.45) is 5.92 Å². The van der Waals surface area contributed by atoms with E-state index in [1.54, 1.807) is 12.1 Å². The molecule has 0 heterocycles. The maximum Gasteiger partial charge on any atom is 0.227 e. The van der Waals surface area contributed by atoms with Crippen LogP contribution in [-0.4, -0.2) is 11.0 Å². The van der Waals surface area contributed by atoms with Crippen molar-refractivity contribution in [2.75, 3.05) is 5.32 Å². The van der Waals surface area contributed by atoms with Crippen molar-refractivity contribution < 1.29 is 9.90 Å². The fraction of sp³-hybridized carbons (Fsp3) is 0.462. The molecule has 0 saturated heterocycles. The molecule has 0 bridgehead atoms. The molecule has 0 spiro atoms. The summed E-state index contributed by atoms with van der Waals surface area (Å²) in [5.41, 5.74) is 2.42. The third-order valence-corrected chi connectivity index (χ3v) is 2.86. The second kappa shape index (κ2) is 5.01. The predicted octanol–water partition coefficient (Wildman–Crippen LogP) is 2.99. The van der Waals surface area contributed by atoms with E-state index in [1.807, 2.05) is 27.7 Å². The Bertz CT molecular complexity index is 399. The Morgan fingerprint density at radius 1 is 1.38 bits per heavy atom. The number of phenols is 1. The standard InChI is InChI=1S/C13H19NO2/c1-5-8(2)13(16)14-11-6-10(4)12(15)7-9(11)3/h6-8,15H,5H2,1-4H3,(H,14,16). The molecule has 1 aromatic rings. The smallest absolute Gasteiger partial charge is 0.227 e. The molecular formula is C13H19NO2. The molecule has 3 heteroatoms. The van der Waals surface area contributed by atoms with E-state index >= 15 is 0 Å². The van der Waals surface area contributed by atoms with Gasteiger partial charge in [0, 0.05) is 11.6 Å². The molecule has 1 aromatic carbocycles. The van der Waals surface area contributed by atoms with E-state index in [4.69, 9.17) is 0 Å². The van der Waals surface area contributed by atoms with Crippen LogP contribution in [0.4, 0.5) is 5.69 Å². The Hall–Kier alpha value is -1.51. The highest BCUT2D eigenvalue weighted by Crippen LogP contribution is 2.25. The van der Waals surface area contributed by atoms with Gasteiger partial charge in [-0.05, 0) is 43.5 Å². The van der Waals surface area contributed by atoms with Gasteiger partial charge in [-0.25, -0.2) is 0 Å². The largest absolute Gasteiger partial charge is 0.508 e. The number of aryl methyl sites for hydroxylation is 2. The first-order valence-electron chi connectivity index (χ1n) is 5.56. The molecule has 88 valence electrons. The van der Waals surface area contributed by atoms with Gasteiger partial charge in [-0.3, -0.25) is 4.79 Å². The number of hydrogen-bond donors (Lipinski definition) is 2. The highest BCUT2D eigenvalue weighted by atomic mass is 16.3. The van der Waals surface area contributed by atoms with Gasteiger partial charge in [0.25, 0.3) is 0 Å². The average Bonchev–Trinajstić information content (AvgIpc) is 2.24. The fourth-order valence-corrected chi connectivity index (χ4v) is 1.38. The number of aromatic hydroxyl groups is 1. The van der Waals surface area contributed by atoms with Crippen LogP contribution in [0.3, 0.4) is 0 Å². The molecule has 0 aliphatic rings. The third kappa shape index (κ3) is 2.75. The van der Waals surface area contributed by atoms with Crippen molar-refractivity contribution in [1.29, 1.82) is 0 Å². The number of rotatable bonds is 3. The quantitative estimate of drug-likeness (QED) is 0.771. The van der Waals surface area contributed by atoms with Crippen molar-refractivity contribution in [3.63, 3.8) is 0 Å². The Morgan fingerprint density at radius 3 is 2.56 bits per heavy atom. The van der Waals surface area contributed by atoms with Gasteiger partial charge in [0.2, 0.25) is 5.91 Å². The lowest BCUT2D eigenvalue weighted by Gasteiger charge is -2.13. The number of amides is 1. The SMILES string of the molecule is CCC(C)C(=O)Nc1cc(C)c(O)cc1C. The number of nitrogens with one attached hydrogen (secondary N) is 1. The Morgan fingerprint density at radius 2 is 2.00 bits per heavy atom. The lowest BCUT2D eigenvalue weighted by atomic mass is 10.1. The Labute approximate surface area is 96.5 Å². The number of anilines is 1. The highest BCUT2D eigenvalue weighted by Gasteiger charge is 2.12. The number of phenolic OH excluding ortho intramolecular Hbond substituents is 1. The maximum absolute atomic E-state index is 11.7. The number of carbonyl (C=O) groups is 1. The second-order valence-corrected chi connectivity index (χ2v) is 4.25. The lowest BCUT2D eigenvalue weighted by molar-refractivity contribution is -0.119. The van der Waals surface area contributed by atoms with E-state index in [9.17, 15) is 9.90 Å². The van der Waals surface area contributed by atoms with E-state index in [0.29, 0.717) is 0 Å². The van der Waals surface area contributed by atoms with Crippen LogP contribution >= 0.6 is 0 Å². The molecule has 0 aliphatic carbocycles. The molecule has 1 rings (SSSR count). The van der Waals surface area contributed by atoms with Crippen molar-refractivity contribution in [3.05, 3.63) is 23.3 Å². The minimum atomic E-state index is 0.00788. The van der Waals surface area contributed by atoms with Crippen molar-refractivity contribution in [1.82, 2.24) is 0 Å². The molecule has 16 heavy (non-hydrogen) atoms. The second-order valence-electron chi connectivity index (χ2n) is 4.25. The van der Waals surface area contributed by atoms with Crippen LogP contribution in [0, 0.1) is 19.8 Å². The van der Waals surface area contributed by atoms with Gasteiger partial charge < -0.3 is 10.4 Å². The average molecular weight is 221 g/mol. The topological polar surface area (TPSA) is 49.3 Å². The van der Waals surface area contributed by atoms with Gasteiger partial charge in [-0.15, -0.1) is 0 Å². The molecule has 0 radical (unpaired) electrons. The Balaban J connectivity index is 2.90. The van der Waals surface area contributed by atoms with Crippen LogP contribution in [0.25, 0.3) is 0 Å². The van der Waals surface area contributed by atoms with Crippen molar-refractivity contribution in [2.45, 2.75) is 34.1 Å². The number of benzene rings is 1. The summed E-state index contributed by atoms with van der Waals surface area (Å²) in [4.78, 5) is 11.7. The van der Waals surface area contributed by atoms with Gasteiger partial charge in [0.15, 0.2) is 0 Å². The molecule has 0 saturated carbocycles. The van der Waals surface area contributed by atoms with Crippen LogP contribution in [0.2, 0.25) is 0 Å². The molecule has 1 atom stereocenters. The molecule has 1 amide bonds. The minimum absolute atomic E-state index is 0.00788. The number of hydrogen-bond acceptors (Lipinski definition) is 2. The molecule has 0 fully saturated rings. The summed E-state index contributed by atoms with van der Waals surface area (Å²) in [6.45, 7) is 7.57. The zero-order valence-corrected chi connectivity index (χ0v) is 10.3. The summed E-state index contributed by atoms with van der Waals surface area (Å²) in [6.07, 6.45) is 0.821. The molecule has 3 nitrogen and oxygen atoms in total. The van der Waals surface area contributed by atoms with Crippen LogP contribution < -0.4 is 5.32 Å². The molecule has 1 unspecified atom stereocenters. The van der Waals surface area contributed by atoms with Crippen molar-refractivity contribution in [3.8, 4) is 5.75 Å². The molecule has 0 aliphatic heterocycles. The van der Waals surface area contributed by atoms with Crippen LogP contribution in [0.5, 0.6) is 5.75 Å². The van der Waals surface area contributed by atoms with Gasteiger partial charge in [-0.2, -0.15) is 0 Å². The third-order valence-electron chi connectivity index (χ3n) is 2.86. The van der Waals surface area contributed by atoms with E-state index in [2.05, 4.69) is 5.32 Å². The molecule has 2 N–H and O–H groups in total. The van der Waals surface area contributed by atoms with Gasteiger partial charge in [0.1, 0.15) is 5.75 Å². The van der Waals surface area contributed by atoms with Gasteiger partial charge >= 0.3 is 0 Å². The van der Waals surface area contributed by atoms with Crippen molar-refractivity contribution >= 4 is 11.6 Å². The van der Waals surface area contributed by atoms with E-state index in [1.165, 1.54) is 0 Å². The van der Waals surface area contributed by atoms with E-state index in [-0.39, 0.29) is 17.6 Å². The maximum atomic E-state index is 11.7. The van der Waals surface area contributed by atoms with Gasteiger partial charge in [-0.1, -0.05) is 13.8 Å². The summed E-state index contributed by atoms with van der Waals surface area (Å²) < 4.78 is 0. The first-order valence-corrected chi connectivity index (χ1v) is 5.56. The zero-order valence-electron chi connectivity index (χ0n) is 10.3. The van der Waals surface area contributed by atoms with Crippen LogP contribution in [0.15, 0.2) is 12.1 Å². The summed E-state index contributed by atoms with van der Waals surface area (Å²) in [5, 5.41) is 12.4. The van der Waals surface area contributed by atoms with E-state index < -0.39 is 0 Å². The number of carbonyl (C=O) groups excluding carboxylic acids is 1. The zero-order chi connectivity index (χ0) is 12.3. The fourth-order valence-electron chi connectivity index (χ4n) is 1.38. The van der Waals surface area contributed by atoms with E-state index in [0.717, 1.165) is 23.2 Å². The first-order chi connectivity index (χ1) is 7.45. The summed E-state index contributed by atoms with van der Waals surface area (Å²) in [6, 6.07) is 3.46. The molecule has 0 aromatic heterocycles.